The van der Waals surface area contributed by atoms with E-state index in [1.165, 1.54) is 69.8 Å². The van der Waals surface area contributed by atoms with Gasteiger partial charge in [-0.15, -0.1) is 0 Å². The van der Waals surface area contributed by atoms with Crippen LogP contribution in [0, 0.1) is 6.92 Å². The molecule has 0 bridgehead atoms. The Morgan fingerprint density at radius 2 is 1.48 bits per heavy atom. The van der Waals surface area contributed by atoms with Crippen molar-refractivity contribution >= 4 is 24.2 Å². The van der Waals surface area contributed by atoms with Gasteiger partial charge in [0.15, 0.2) is 0 Å². The van der Waals surface area contributed by atoms with Gasteiger partial charge in [-0.1, -0.05) is 0 Å². The molecule has 0 radical (unpaired) electrons. The number of aryl methyl sites for hydroxylation is 1. The number of halogens is 1. The van der Waals surface area contributed by atoms with Gasteiger partial charge in [0.1, 0.15) is 0 Å². The van der Waals surface area contributed by atoms with Gasteiger partial charge in [-0.05, 0) is 0 Å². The van der Waals surface area contributed by atoms with Crippen LogP contribution in [0.3, 0.4) is 0 Å². The van der Waals surface area contributed by atoms with Crippen LogP contribution in [0.15, 0.2) is 24.3 Å². The molecule has 133 valence electrons. The summed E-state index contributed by atoms with van der Waals surface area (Å²) in [5, 5.41) is 1.64. The maximum atomic E-state index is 7.05. The number of rotatable bonds is 4. The zero-order valence-electron chi connectivity index (χ0n) is 14.3. The summed E-state index contributed by atoms with van der Waals surface area (Å²) in [5.74, 6) is 0. The summed E-state index contributed by atoms with van der Waals surface area (Å²) in [6.07, 6.45) is 14.2. The predicted octanol–water partition coefficient (Wildman–Crippen LogP) is 6.10. The summed E-state index contributed by atoms with van der Waals surface area (Å²) in [5.41, 5.74) is 3.15. The third-order valence-corrected chi connectivity index (χ3v) is 15.6. The molecule has 2 saturated carbocycles. The molecule has 2 fully saturated rings. The predicted molar refractivity (Wildman–Crippen MR) is 103 cm³/mol. The minimum absolute atomic E-state index is 0.207. The molecule has 0 nitrogen and oxygen atoms in total. The first-order valence-electron chi connectivity index (χ1n) is 9.47. The van der Waals surface area contributed by atoms with Gasteiger partial charge in [0.05, 0.1) is 0 Å². The van der Waals surface area contributed by atoms with Crippen molar-refractivity contribution in [3.8, 4) is 0 Å². The van der Waals surface area contributed by atoms with Crippen molar-refractivity contribution in [1.29, 1.82) is 0 Å². The van der Waals surface area contributed by atoms with E-state index in [1.54, 1.807) is 5.30 Å². The molecular weight excluding hydrogens is 413 g/mol. The van der Waals surface area contributed by atoms with Crippen LogP contribution in [0.4, 0.5) is 0 Å². The van der Waals surface area contributed by atoms with E-state index >= 15 is 0 Å². The summed E-state index contributed by atoms with van der Waals surface area (Å²) >= 11 is 10.7. The van der Waals surface area contributed by atoms with Crippen molar-refractivity contribution in [2.45, 2.75) is 86.0 Å². The Morgan fingerprint density at radius 1 is 0.957 bits per heavy atom. The van der Waals surface area contributed by atoms with E-state index in [4.69, 9.17) is 11.6 Å². The molecule has 0 N–H and O–H groups in total. The Balaban J connectivity index is 2.08. The van der Waals surface area contributed by atoms with Crippen molar-refractivity contribution in [1.82, 2.24) is 0 Å². The summed E-state index contributed by atoms with van der Waals surface area (Å²) < 4.78 is 0.207. The van der Waals surface area contributed by atoms with Gasteiger partial charge in [0.25, 0.3) is 0 Å². The summed E-state index contributed by atoms with van der Waals surface area (Å²) in [6.45, 7) is 2.24. The number of hydrogen-bond acceptors (Lipinski definition) is 0. The fraction of sp³-hybridized carbons (Fsp3) is 0.700. The average Bonchev–Trinajstić information content (AvgIpc) is 2.57. The summed E-state index contributed by atoms with van der Waals surface area (Å²) in [6, 6.07) is 9.42. The van der Waals surface area contributed by atoms with Crippen LogP contribution in [-0.4, -0.2) is 14.9 Å². The van der Waals surface area contributed by atoms with E-state index in [9.17, 15) is 0 Å². The van der Waals surface area contributed by atoms with Crippen molar-refractivity contribution < 1.29 is 19.2 Å². The summed E-state index contributed by atoms with van der Waals surface area (Å²) in [4.78, 5) is 0. The van der Waals surface area contributed by atoms with Gasteiger partial charge < -0.3 is 0 Å². The van der Waals surface area contributed by atoms with E-state index < -0.39 is 7.26 Å². The first-order chi connectivity index (χ1) is 11.2. The molecular formula is C20H31ClPPd. The van der Waals surface area contributed by atoms with Crippen molar-refractivity contribution in [3.05, 3.63) is 29.8 Å². The molecule has 0 aliphatic heterocycles. The molecule has 2 aliphatic rings. The van der Waals surface area contributed by atoms with Crippen LogP contribution >= 0.6 is 18.9 Å². The van der Waals surface area contributed by atoms with Gasteiger partial charge in [-0.2, -0.15) is 0 Å². The monoisotopic (exact) mass is 443 g/mol. The maximum absolute atomic E-state index is 7.05. The van der Waals surface area contributed by atoms with Gasteiger partial charge in [0, 0.05) is 0 Å². The quantitative estimate of drug-likeness (QED) is 0.299. The van der Waals surface area contributed by atoms with Gasteiger partial charge >= 0.3 is 159 Å². The molecule has 0 aromatic heterocycles. The zero-order valence-corrected chi connectivity index (χ0v) is 17.6. The van der Waals surface area contributed by atoms with Gasteiger partial charge in [-0.3, -0.25) is 0 Å². The molecule has 2 aliphatic carbocycles. The van der Waals surface area contributed by atoms with Crippen molar-refractivity contribution in [2.75, 3.05) is 0 Å². The molecule has 1 aromatic rings. The number of hydrogen-bond donors (Lipinski definition) is 0. The van der Waals surface area contributed by atoms with E-state index in [1.807, 2.05) is 0 Å². The second-order valence-corrected chi connectivity index (χ2v) is 15.4. The summed E-state index contributed by atoms with van der Waals surface area (Å²) in [7, 11) is -1.78. The SMILES string of the molecule is Cc1cccc([PH]([CH](Cl)[Pd])(C2CCCCC2)C2CCCCC2)c1. The number of benzene rings is 1. The second-order valence-electron chi connectivity index (χ2n) is 7.74. The number of alkyl halides is 1. The minimum atomic E-state index is -1.78. The van der Waals surface area contributed by atoms with Gasteiger partial charge in [0.2, 0.25) is 0 Å². The van der Waals surface area contributed by atoms with E-state index in [0.717, 1.165) is 11.3 Å². The zero-order chi connectivity index (χ0) is 16.3. The average molecular weight is 444 g/mol. The fourth-order valence-corrected chi connectivity index (χ4v) is 15.8. The molecule has 3 heteroatoms. The van der Waals surface area contributed by atoms with Crippen LogP contribution in [0.5, 0.6) is 0 Å². The standard InChI is InChI=1S/C20H31ClP.Pd/c1-17-9-8-14-20(15-17)22(16-21,18-10-4-2-5-11-18)19-12-6-3-7-13-19;/h8-9,14-16,18-19,22H,2-7,10-13H2,1H3;. The Hall–Kier alpha value is 0.602. The van der Waals surface area contributed by atoms with Crippen LogP contribution in [0.2, 0.25) is 0 Å². The first kappa shape index (κ1) is 18.4. The second kappa shape index (κ2) is 8.32. The third kappa shape index (κ3) is 3.75. The molecule has 0 spiro atoms. The van der Waals surface area contributed by atoms with Gasteiger partial charge in [-0.25, -0.2) is 0 Å². The van der Waals surface area contributed by atoms with E-state index in [0.29, 0.717) is 0 Å². The molecule has 0 saturated heterocycles. The van der Waals surface area contributed by atoms with Crippen molar-refractivity contribution in [3.63, 3.8) is 0 Å². The van der Waals surface area contributed by atoms with Crippen LogP contribution < -0.4 is 5.30 Å². The molecule has 3 rings (SSSR count). The van der Waals surface area contributed by atoms with E-state index in [2.05, 4.69) is 50.4 Å². The Morgan fingerprint density at radius 3 is 1.91 bits per heavy atom. The van der Waals surface area contributed by atoms with Crippen LogP contribution in [0.25, 0.3) is 0 Å². The molecule has 23 heavy (non-hydrogen) atoms. The molecule has 0 amide bonds. The third-order valence-electron chi connectivity index (χ3n) is 6.41. The first-order valence-corrected chi connectivity index (χ1v) is 13.0. The molecule has 1 unspecified atom stereocenters. The fourth-order valence-electron chi connectivity index (χ4n) is 5.32. The molecule has 1 aromatic carbocycles. The Kier molecular flexibility index (Phi) is 6.66. The molecule has 1 atom stereocenters. The van der Waals surface area contributed by atoms with Crippen LogP contribution in [0.1, 0.15) is 69.8 Å². The van der Waals surface area contributed by atoms with Crippen LogP contribution in [-0.2, 0) is 19.2 Å². The van der Waals surface area contributed by atoms with Crippen molar-refractivity contribution in [2.24, 2.45) is 0 Å². The normalized spacial score (nSPS) is 23.7. The Labute approximate surface area is 158 Å². The Bertz CT molecular complexity index is 486. The molecule has 0 heterocycles. The topological polar surface area (TPSA) is 0 Å². The van der Waals surface area contributed by atoms with E-state index in [-0.39, 0.29) is 3.59 Å².